The molecular formula is C26H27ClN2O4S. The van der Waals surface area contributed by atoms with Crippen LogP contribution in [0.4, 0.5) is 0 Å². The van der Waals surface area contributed by atoms with Crippen molar-refractivity contribution in [2.45, 2.75) is 36.7 Å². The molecule has 0 heterocycles. The maximum absolute atomic E-state index is 13.6. The molecule has 8 heteroatoms. The Balaban J connectivity index is 1.59. The van der Waals surface area contributed by atoms with Crippen LogP contribution in [-0.2, 0) is 27.8 Å². The fourth-order valence-electron chi connectivity index (χ4n) is 4.27. The van der Waals surface area contributed by atoms with Gasteiger partial charge in [0.25, 0.3) is 0 Å². The van der Waals surface area contributed by atoms with Gasteiger partial charge in [0, 0.05) is 6.54 Å². The number of benzene rings is 3. The lowest BCUT2D eigenvalue weighted by molar-refractivity contribution is -0.122. The molecular weight excluding hydrogens is 472 g/mol. The van der Waals surface area contributed by atoms with Crippen LogP contribution < -0.4 is 10.1 Å². The molecule has 0 saturated heterocycles. The van der Waals surface area contributed by atoms with Crippen LogP contribution in [0.3, 0.4) is 0 Å². The third-order valence-electron chi connectivity index (χ3n) is 5.99. The molecule has 1 aliphatic rings. The predicted molar refractivity (Wildman–Crippen MR) is 132 cm³/mol. The zero-order chi connectivity index (χ0) is 24.1. The molecule has 1 aliphatic carbocycles. The molecule has 6 nitrogen and oxygen atoms in total. The maximum atomic E-state index is 13.6. The van der Waals surface area contributed by atoms with Crippen molar-refractivity contribution in [2.24, 2.45) is 0 Å². The van der Waals surface area contributed by atoms with Crippen molar-refractivity contribution >= 4 is 27.5 Å². The number of halogens is 1. The van der Waals surface area contributed by atoms with E-state index >= 15 is 0 Å². The average molecular weight is 499 g/mol. The molecule has 0 radical (unpaired) electrons. The van der Waals surface area contributed by atoms with Gasteiger partial charge in [0.1, 0.15) is 5.75 Å². The van der Waals surface area contributed by atoms with Gasteiger partial charge < -0.3 is 10.1 Å². The number of rotatable bonds is 8. The van der Waals surface area contributed by atoms with E-state index in [4.69, 9.17) is 16.3 Å². The number of amides is 1. The zero-order valence-electron chi connectivity index (χ0n) is 18.9. The summed E-state index contributed by atoms with van der Waals surface area (Å²) in [5.74, 6) is 0.0322. The number of hydrogen-bond acceptors (Lipinski definition) is 4. The van der Waals surface area contributed by atoms with Crippen molar-refractivity contribution in [2.75, 3.05) is 13.7 Å². The minimum absolute atomic E-state index is 0.00467. The van der Waals surface area contributed by atoms with Crippen LogP contribution in [0.2, 0.25) is 5.02 Å². The van der Waals surface area contributed by atoms with Gasteiger partial charge in [0.15, 0.2) is 0 Å². The van der Waals surface area contributed by atoms with Crippen molar-refractivity contribution in [3.63, 3.8) is 0 Å². The van der Waals surface area contributed by atoms with Gasteiger partial charge >= 0.3 is 0 Å². The lowest BCUT2D eigenvalue weighted by Crippen LogP contribution is -2.42. The van der Waals surface area contributed by atoms with E-state index in [0.717, 1.165) is 30.4 Å². The second-order valence-electron chi connectivity index (χ2n) is 8.27. The highest BCUT2D eigenvalue weighted by Gasteiger charge is 2.29. The molecule has 0 bridgehead atoms. The van der Waals surface area contributed by atoms with Crippen molar-refractivity contribution in [1.29, 1.82) is 0 Å². The van der Waals surface area contributed by atoms with Gasteiger partial charge in [-0.2, -0.15) is 4.31 Å². The second kappa shape index (κ2) is 10.6. The van der Waals surface area contributed by atoms with E-state index in [1.807, 2.05) is 48.5 Å². The quantitative estimate of drug-likeness (QED) is 0.487. The van der Waals surface area contributed by atoms with Gasteiger partial charge in [0.05, 0.1) is 29.6 Å². The summed E-state index contributed by atoms with van der Waals surface area (Å²) in [4.78, 5) is 13.1. The number of carbonyl (C=O) groups is 1. The van der Waals surface area contributed by atoms with Crippen molar-refractivity contribution in [3.8, 4) is 5.75 Å². The summed E-state index contributed by atoms with van der Waals surface area (Å²) < 4.78 is 33.4. The van der Waals surface area contributed by atoms with Crippen LogP contribution >= 0.6 is 11.6 Å². The molecule has 0 saturated carbocycles. The van der Waals surface area contributed by atoms with E-state index in [9.17, 15) is 13.2 Å². The van der Waals surface area contributed by atoms with E-state index in [1.165, 1.54) is 35.2 Å². The summed E-state index contributed by atoms with van der Waals surface area (Å²) in [6.45, 7) is -0.249. The van der Waals surface area contributed by atoms with E-state index in [-0.39, 0.29) is 35.0 Å². The molecule has 34 heavy (non-hydrogen) atoms. The summed E-state index contributed by atoms with van der Waals surface area (Å²) >= 11 is 6.20. The molecule has 1 amide bonds. The molecule has 178 valence electrons. The smallest absolute Gasteiger partial charge is 0.243 e. The summed E-state index contributed by atoms with van der Waals surface area (Å²) in [5, 5.41) is 3.24. The molecule has 0 spiro atoms. The Morgan fingerprint density at radius 3 is 2.56 bits per heavy atom. The van der Waals surface area contributed by atoms with Crippen LogP contribution in [0, 0.1) is 0 Å². The van der Waals surface area contributed by atoms with Crippen molar-refractivity contribution in [1.82, 2.24) is 9.62 Å². The number of ether oxygens (including phenoxy) is 1. The molecule has 0 unspecified atom stereocenters. The van der Waals surface area contributed by atoms with Gasteiger partial charge in [-0.25, -0.2) is 8.42 Å². The zero-order valence-corrected chi connectivity index (χ0v) is 20.5. The lowest BCUT2D eigenvalue weighted by atomic mass is 9.88. The first kappa shape index (κ1) is 24.3. The number of nitrogens with one attached hydrogen (secondary N) is 1. The molecule has 4 rings (SSSR count). The number of methoxy groups -OCH3 is 1. The second-order valence-corrected chi connectivity index (χ2v) is 10.6. The topological polar surface area (TPSA) is 75.7 Å². The highest BCUT2D eigenvalue weighted by atomic mass is 35.5. The van der Waals surface area contributed by atoms with Gasteiger partial charge in [-0.05, 0) is 54.2 Å². The monoisotopic (exact) mass is 498 g/mol. The summed E-state index contributed by atoms with van der Waals surface area (Å²) in [6, 6.07) is 21.4. The Morgan fingerprint density at radius 2 is 1.82 bits per heavy atom. The summed E-state index contributed by atoms with van der Waals surface area (Å²) in [5.41, 5.74) is 3.10. The SMILES string of the molecule is COc1ccc(S(=O)(=O)N(CC(=O)N[C@H]2CCCc3ccccc32)Cc2ccccc2)cc1Cl. The average Bonchev–Trinajstić information content (AvgIpc) is 2.84. The highest BCUT2D eigenvalue weighted by molar-refractivity contribution is 7.89. The van der Waals surface area contributed by atoms with Gasteiger partial charge in [-0.1, -0.05) is 66.2 Å². The normalized spacial score (nSPS) is 15.6. The third-order valence-corrected chi connectivity index (χ3v) is 8.07. The molecule has 1 atom stereocenters. The van der Waals surface area contributed by atoms with E-state index < -0.39 is 10.0 Å². The standard InChI is InChI=1S/C26H27ClN2O4S/c1-33-25-15-14-21(16-23(25)27)34(31,32)29(17-19-8-3-2-4-9-19)18-26(30)28-24-13-7-11-20-10-5-6-12-22(20)24/h2-6,8-10,12,14-16,24H,7,11,13,17-18H2,1H3,(H,28,30)/t24-/m0/s1. The van der Waals surface area contributed by atoms with Gasteiger partial charge in [-0.3, -0.25) is 4.79 Å². The fraction of sp³-hybridized carbons (Fsp3) is 0.269. The molecule has 0 aromatic heterocycles. The van der Waals surface area contributed by atoms with E-state index in [1.54, 1.807) is 0 Å². The van der Waals surface area contributed by atoms with Gasteiger partial charge in [-0.15, -0.1) is 0 Å². The molecule has 3 aromatic carbocycles. The van der Waals surface area contributed by atoms with Crippen LogP contribution in [0.25, 0.3) is 0 Å². The van der Waals surface area contributed by atoms with Crippen LogP contribution in [-0.4, -0.2) is 32.3 Å². The van der Waals surface area contributed by atoms with Crippen LogP contribution in [0.5, 0.6) is 5.75 Å². The highest BCUT2D eigenvalue weighted by Crippen LogP contribution is 2.31. The number of fused-ring (bicyclic) bond motifs is 1. The number of hydrogen-bond donors (Lipinski definition) is 1. The minimum Gasteiger partial charge on any atom is -0.495 e. The lowest BCUT2D eigenvalue weighted by Gasteiger charge is -2.28. The number of sulfonamides is 1. The van der Waals surface area contributed by atoms with Gasteiger partial charge in [0.2, 0.25) is 15.9 Å². The van der Waals surface area contributed by atoms with Crippen LogP contribution in [0.1, 0.15) is 35.6 Å². The molecule has 0 aliphatic heterocycles. The molecule has 3 aromatic rings. The Bertz CT molecular complexity index is 1260. The Morgan fingerprint density at radius 1 is 1.09 bits per heavy atom. The summed E-state index contributed by atoms with van der Waals surface area (Å²) in [7, 11) is -2.55. The Hall–Kier alpha value is -2.87. The van der Waals surface area contributed by atoms with Crippen molar-refractivity contribution in [3.05, 3.63) is 94.5 Å². The fourth-order valence-corrected chi connectivity index (χ4v) is 6.01. The first-order chi connectivity index (χ1) is 16.4. The number of nitrogens with zero attached hydrogens (tertiary/aromatic N) is 1. The predicted octanol–water partition coefficient (Wildman–Crippen LogP) is 4.73. The Kier molecular flexibility index (Phi) is 7.56. The number of aryl methyl sites for hydroxylation is 1. The molecule has 0 fully saturated rings. The largest absolute Gasteiger partial charge is 0.495 e. The minimum atomic E-state index is -4.01. The first-order valence-electron chi connectivity index (χ1n) is 11.1. The maximum Gasteiger partial charge on any atom is 0.243 e. The van der Waals surface area contributed by atoms with E-state index in [0.29, 0.717) is 5.75 Å². The summed E-state index contributed by atoms with van der Waals surface area (Å²) in [6.07, 6.45) is 2.77. The first-order valence-corrected chi connectivity index (χ1v) is 12.9. The number of carbonyl (C=O) groups excluding carboxylic acids is 1. The van der Waals surface area contributed by atoms with E-state index in [2.05, 4.69) is 11.4 Å². The third kappa shape index (κ3) is 5.43. The van der Waals surface area contributed by atoms with Crippen molar-refractivity contribution < 1.29 is 17.9 Å². The van der Waals surface area contributed by atoms with Crippen LogP contribution in [0.15, 0.2) is 77.7 Å². The Labute approximate surface area is 205 Å². The molecule has 1 N–H and O–H groups in total.